The van der Waals surface area contributed by atoms with Crippen LogP contribution in [0.5, 0.6) is 11.5 Å². The quantitative estimate of drug-likeness (QED) is 0.219. The fourth-order valence-electron chi connectivity index (χ4n) is 3.00. The lowest BCUT2D eigenvalue weighted by molar-refractivity contribution is -0.384. The molecule has 0 spiro atoms. The average molecular weight is 554 g/mol. The summed E-state index contributed by atoms with van der Waals surface area (Å²) in [7, 11) is 1.54. The van der Waals surface area contributed by atoms with Gasteiger partial charge in [0.1, 0.15) is 6.61 Å². The smallest absolute Gasteiger partial charge is 0.269 e. The van der Waals surface area contributed by atoms with E-state index in [1.165, 1.54) is 19.2 Å². The topological polar surface area (TPSA) is 116 Å². The van der Waals surface area contributed by atoms with Crippen molar-refractivity contribution in [1.82, 2.24) is 10.3 Å². The predicted molar refractivity (Wildman–Crippen MR) is 126 cm³/mol. The number of rotatable bonds is 9. The van der Waals surface area contributed by atoms with Crippen molar-refractivity contribution >= 4 is 40.4 Å². The van der Waals surface area contributed by atoms with Crippen molar-refractivity contribution in [3.05, 3.63) is 61.2 Å². The number of morpholine rings is 1. The minimum atomic E-state index is -0.443. The summed E-state index contributed by atoms with van der Waals surface area (Å²) >= 11 is 2.13. The molecule has 170 valence electrons. The first-order chi connectivity index (χ1) is 15.5. The molecule has 1 aliphatic rings. The molecule has 3 rings (SSSR count). The number of nitrogens with one attached hydrogen (secondary N) is 1. The SMILES string of the molecule is COc1cc(/C=N/NC(=O)CN2CCOCC2)cc(I)c1OCc1ccc([N+](=O)[O-])cc1. The lowest BCUT2D eigenvalue weighted by Gasteiger charge is -2.25. The third-order valence-corrected chi connectivity index (χ3v) is 5.46. The first-order valence-corrected chi connectivity index (χ1v) is 10.9. The van der Waals surface area contributed by atoms with Crippen LogP contribution in [0.3, 0.4) is 0 Å². The fraction of sp³-hybridized carbons (Fsp3) is 0.333. The van der Waals surface area contributed by atoms with Crippen molar-refractivity contribution in [3.8, 4) is 11.5 Å². The number of carbonyl (C=O) groups is 1. The number of hydrazone groups is 1. The van der Waals surface area contributed by atoms with Gasteiger partial charge in [-0.1, -0.05) is 0 Å². The molecule has 1 saturated heterocycles. The van der Waals surface area contributed by atoms with E-state index >= 15 is 0 Å². The zero-order valence-corrected chi connectivity index (χ0v) is 19.6. The van der Waals surface area contributed by atoms with Crippen LogP contribution in [0.15, 0.2) is 41.5 Å². The molecule has 0 unspecified atom stereocenters. The van der Waals surface area contributed by atoms with Gasteiger partial charge in [0.25, 0.3) is 11.6 Å². The number of nitrogens with zero attached hydrogens (tertiary/aromatic N) is 3. The van der Waals surface area contributed by atoms with Gasteiger partial charge in [-0.15, -0.1) is 0 Å². The fourth-order valence-corrected chi connectivity index (χ4v) is 3.78. The third kappa shape index (κ3) is 6.87. The summed E-state index contributed by atoms with van der Waals surface area (Å²) in [5.41, 5.74) is 4.09. The Morgan fingerprint density at radius 3 is 2.69 bits per heavy atom. The Morgan fingerprint density at radius 2 is 2.03 bits per heavy atom. The van der Waals surface area contributed by atoms with Gasteiger partial charge in [0.05, 0.1) is 41.6 Å². The van der Waals surface area contributed by atoms with E-state index in [2.05, 4.69) is 33.1 Å². The molecule has 0 radical (unpaired) electrons. The number of hydrogen-bond acceptors (Lipinski definition) is 8. The van der Waals surface area contributed by atoms with E-state index in [-0.39, 0.29) is 24.7 Å². The van der Waals surface area contributed by atoms with Gasteiger partial charge < -0.3 is 14.2 Å². The first-order valence-electron chi connectivity index (χ1n) is 9.82. The normalized spacial score (nSPS) is 14.3. The molecule has 10 nitrogen and oxygen atoms in total. The van der Waals surface area contributed by atoms with Gasteiger partial charge in [-0.3, -0.25) is 19.8 Å². The maximum atomic E-state index is 12.0. The zero-order chi connectivity index (χ0) is 22.9. The lowest BCUT2D eigenvalue weighted by Crippen LogP contribution is -2.42. The van der Waals surface area contributed by atoms with Crippen LogP contribution in [0.2, 0.25) is 0 Å². The van der Waals surface area contributed by atoms with Gasteiger partial charge in [-0.05, 0) is 58.0 Å². The van der Waals surface area contributed by atoms with E-state index in [1.807, 2.05) is 11.0 Å². The summed E-state index contributed by atoms with van der Waals surface area (Å²) < 4.78 is 17.4. The second-order valence-electron chi connectivity index (χ2n) is 6.93. The molecule has 1 aliphatic heterocycles. The van der Waals surface area contributed by atoms with Crippen LogP contribution in [0.4, 0.5) is 5.69 Å². The van der Waals surface area contributed by atoms with Crippen molar-refractivity contribution in [2.75, 3.05) is 40.0 Å². The Hall–Kier alpha value is -2.77. The van der Waals surface area contributed by atoms with Crippen LogP contribution in [0.25, 0.3) is 0 Å². The summed E-state index contributed by atoms with van der Waals surface area (Å²) in [5.74, 6) is 0.882. The number of amides is 1. The molecule has 1 amide bonds. The van der Waals surface area contributed by atoms with Crippen LogP contribution < -0.4 is 14.9 Å². The largest absolute Gasteiger partial charge is 0.493 e. The number of hydrogen-bond donors (Lipinski definition) is 1. The monoisotopic (exact) mass is 554 g/mol. The highest BCUT2D eigenvalue weighted by atomic mass is 127. The van der Waals surface area contributed by atoms with Crippen molar-refractivity contribution in [1.29, 1.82) is 0 Å². The van der Waals surface area contributed by atoms with Crippen molar-refractivity contribution < 1.29 is 23.9 Å². The van der Waals surface area contributed by atoms with Gasteiger partial charge in [0.15, 0.2) is 11.5 Å². The Kier molecular flexibility index (Phi) is 8.76. The van der Waals surface area contributed by atoms with Gasteiger partial charge in [0, 0.05) is 25.2 Å². The molecule has 11 heteroatoms. The minimum absolute atomic E-state index is 0.0292. The number of halogens is 1. The van der Waals surface area contributed by atoms with Gasteiger partial charge in [-0.2, -0.15) is 5.10 Å². The van der Waals surface area contributed by atoms with E-state index in [9.17, 15) is 14.9 Å². The Labute approximate surface area is 198 Å². The molecule has 1 fully saturated rings. The lowest BCUT2D eigenvalue weighted by atomic mass is 10.2. The highest BCUT2D eigenvalue weighted by Crippen LogP contribution is 2.34. The van der Waals surface area contributed by atoms with Gasteiger partial charge in [0.2, 0.25) is 0 Å². The predicted octanol–water partition coefficient (Wildman–Crippen LogP) is 2.57. The minimum Gasteiger partial charge on any atom is -0.493 e. The van der Waals surface area contributed by atoms with Crippen LogP contribution in [-0.4, -0.2) is 61.9 Å². The standard InChI is InChI=1S/C21H23IN4O6/c1-30-19-11-16(12-23-24-20(27)13-25-6-8-31-9-7-25)10-18(22)21(19)32-14-15-2-4-17(5-3-15)26(28)29/h2-5,10-12H,6-9,13-14H2,1H3,(H,24,27)/b23-12+. The van der Waals surface area contributed by atoms with E-state index in [0.717, 1.165) is 27.8 Å². The molecule has 2 aromatic carbocycles. The van der Waals surface area contributed by atoms with E-state index in [0.29, 0.717) is 24.7 Å². The first kappa shape index (κ1) is 23.9. The second kappa shape index (κ2) is 11.7. The molecular weight excluding hydrogens is 531 g/mol. The Morgan fingerprint density at radius 1 is 1.31 bits per heavy atom. The third-order valence-electron chi connectivity index (χ3n) is 4.66. The van der Waals surface area contributed by atoms with Crippen LogP contribution in [-0.2, 0) is 16.1 Å². The van der Waals surface area contributed by atoms with Crippen molar-refractivity contribution in [2.24, 2.45) is 5.10 Å². The second-order valence-corrected chi connectivity index (χ2v) is 8.09. The Bertz CT molecular complexity index is 977. The summed E-state index contributed by atoms with van der Waals surface area (Å²) in [6.45, 7) is 3.23. The molecule has 0 atom stereocenters. The van der Waals surface area contributed by atoms with E-state index in [1.54, 1.807) is 24.4 Å². The summed E-state index contributed by atoms with van der Waals surface area (Å²) in [4.78, 5) is 24.4. The number of benzene rings is 2. The zero-order valence-electron chi connectivity index (χ0n) is 17.5. The number of carbonyl (C=O) groups excluding carboxylic acids is 1. The number of non-ortho nitro benzene ring substituents is 1. The molecule has 2 aromatic rings. The number of methoxy groups -OCH3 is 1. The molecule has 1 heterocycles. The average Bonchev–Trinajstić information content (AvgIpc) is 2.79. The molecule has 0 bridgehead atoms. The number of nitro groups is 1. The maximum Gasteiger partial charge on any atom is 0.269 e. The molecule has 0 saturated carbocycles. The molecule has 0 aliphatic carbocycles. The summed E-state index contributed by atoms with van der Waals surface area (Å²) in [6.07, 6.45) is 1.54. The number of nitro benzene ring substituents is 1. The summed E-state index contributed by atoms with van der Waals surface area (Å²) in [5, 5.41) is 14.8. The van der Waals surface area contributed by atoms with Crippen LogP contribution in [0.1, 0.15) is 11.1 Å². The highest BCUT2D eigenvalue weighted by molar-refractivity contribution is 14.1. The molecule has 1 N–H and O–H groups in total. The maximum absolute atomic E-state index is 12.0. The Balaban J connectivity index is 1.59. The molecular formula is C21H23IN4O6. The van der Waals surface area contributed by atoms with Crippen molar-refractivity contribution in [3.63, 3.8) is 0 Å². The highest BCUT2D eigenvalue weighted by Gasteiger charge is 2.14. The van der Waals surface area contributed by atoms with E-state index in [4.69, 9.17) is 14.2 Å². The van der Waals surface area contributed by atoms with Crippen LogP contribution >= 0.6 is 22.6 Å². The van der Waals surface area contributed by atoms with Crippen molar-refractivity contribution in [2.45, 2.75) is 6.61 Å². The van der Waals surface area contributed by atoms with E-state index < -0.39 is 4.92 Å². The summed E-state index contributed by atoms with van der Waals surface area (Å²) in [6, 6.07) is 9.79. The van der Waals surface area contributed by atoms with Gasteiger partial charge in [-0.25, -0.2) is 5.43 Å². The number of ether oxygens (including phenoxy) is 3. The molecule has 32 heavy (non-hydrogen) atoms. The van der Waals surface area contributed by atoms with Gasteiger partial charge >= 0.3 is 0 Å². The molecule has 0 aromatic heterocycles. The van der Waals surface area contributed by atoms with Crippen LogP contribution in [0, 0.1) is 13.7 Å².